The van der Waals surface area contributed by atoms with Gasteiger partial charge in [-0.15, -0.1) is 0 Å². The summed E-state index contributed by atoms with van der Waals surface area (Å²) in [6.45, 7) is 1.11. The van der Waals surface area contributed by atoms with Gasteiger partial charge in [0.2, 0.25) is 0 Å². The Morgan fingerprint density at radius 1 is 1.44 bits per heavy atom. The van der Waals surface area contributed by atoms with Crippen molar-refractivity contribution in [3.8, 4) is 0 Å². The number of rotatable bonds is 4. The first-order valence-corrected chi connectivity index (χ1v) is 6.60. The maximum Gasteiger partial charge on any atom is 0.310 e. The SMILES string of the molecule is CN(C)CCOC(=O)[C@H]1[C@@H]2C[C@@H]3[C@@H]1C(=O)O[C@@H]3C2. The predicted octanol–water partition coefficient (Wildman–Crippen LogP) is 0.289. The number of carbonyl (C=O) groups is 2. The molecule has 1 saturated heterocycles. The van der Waals surface area contributed by atoms with Gasteiger partial charge < -0.3 is 14.4 Å². The second-order valence-electron chi connectivity index (χ2n) is 5.89. The Morgan fingerprint density at radius 3 is 2.94 bits per heavy atom. The van der Waals surface area contributed by atoms with Crippen LogP contribution in [0.25, 0.3) is 0 Å². The zero-order valence-electron chi connectivity index (χ0n) is 10.8. The average Bonchev–Trinajstić information content (AvgIpc) is 2.88. The van der Waals surface area contributed by atoms with Crippen LogP contribution >= 0.6 is 0 Å². The molecule has 18 heavy (non-hydrogen) atoms. The summed E-state index contributed by atoms with van der Waals surface area (Å²) in [4.78, 5) is 25.8. The van der Waals surface area contributed by atoms with E-state index >= 15 is 0 Å². The first kappa shape index (κ1) is 12.0. The Bertz CT molecular complexity index is 379. The fourth-order valence-corrected chi connectivity index (χ4v) is 3.75. The van der Waals surface area contributed by atoms with Crippen LogP contribution in [0.15, 0.2) is 0 Å². The van der Waals surface area contributed by atoms with Gasteiger partial charge in [-0.25, -0.2) is 0 Å². The summed E-state index contributed by atoms with van der Waals surface area (Å²) in [7, 11) is 3.87. The molecule has 0 spiro atoms. The van der Waals surface area contributed by atoms with E-state index < -0.39 is 0 Å². The third-order valence-corrected chi connectivity index (χ3v) is 4.54. The Hall–Kier alpha value is -1.10. The topological polar surface area (TPSA) is 55.8 Å². The smallest absolute Gasteiger partial charge is 0.310 e. The number of nitrogens with zero attached hydrogens (tertiary/aromatic N) is 1. The first-order valence-electron chi connectivity index (χ1n) is 6.60. The van der Waals surface area contributed by atoms with Crippen LogP contribution in [0.3, 0.4) is 0 Å². The van der Waals surface area contributed by atoms with E-state index in [1.54, 1.807) is 0 Å². The van der Waals surface area contributed by atoms with Gasteiger partial charge in [0.25, 0.3) is 0 Å². The molecule has 0 aromatic carbocycles. The van der Waals surface area contributed by atoms with Gasteiger partial charge in [-0.3, -0.25) is 9.59 Å². The molecule has 2 bridgehead atoms. The molecule has 2 aliphatic carbocycles. The third-order valence-electron chi connectivity index (χ3n) is 4.54. The van der Waals surface area contributed by atoms with Gasteiger partial charge in [0.15, 0.2) is 0 Å². The highest BCUT2D eigenvalue weighted by Crippen LogP contribution is 2.57. The molecule has 0 N–H and O–H groups in total. The zero-order valence-corrected chi connectivity index (χ0v) is 10.8. The summed E-state index contributed by atoms with van der Waals surface area (Å²) < 4.78 is 10.6. The molecule has 100 valence electrons. The maximum atomic E-state index is 12.1. The van der Waals surface area contributed by atoms with E-state index in [2.05, 4.69) is 0 Å². The molecule has 2 saturated carbocycles. The predicted molar refractivity (Wildman–Crippen MR) is 62.6 cm³/mol. The minimum Gasteiger partial charge on any atom is -0.464 e. The molecule has 3 rings (SSSR count). The Kier molecular flexibility index (Phi) is 2.81. The van der Waals surface area contributed by atoms with E-state index in [1.807, 2.05) is 19.0 Å². The Labute approximate surface area is 106 Å². The fraction of sp³-hybridized carbons (Fsp3) is 0.846. The van der Waals surface area contributed by atoms with Crippen molar-refractivity contribution in [1.82, 2.24) is 4.90 Å². The fourth-order valence-electron chi connectivity index (χ4n) is 3.75. The van der Waals surface area contributed by atoms with Crippen molar-refractivity contribution in [3.05, 3.63) is 0 Å². The second kappa shape index (κ2) is 4.23. The summed E-state index contributed by atoms with van der Waals surface area (Å²) in [6.07, 6.45) is 1.88. The van der Waals surface area contributed by atoms with Crippen LogP contribution in [0.1, 0.15) is 12.8 Å². The van der Waals surface area contributed by atoms with Gasteiger partial charge in [-0.1, -0.05) is 0 Å². The van der Waals surface area contributed by atoms with Crippen molar-refractivity contribution >= 4 is 11.9 Å². The largest absolute Gasteiger partial charge is 0.464 e. The number of likely N-dealkylation sites (N-methyl/N-ethyl adjacent to an activating group) is 1. The molecule has 1 heterocycles. The van der Waals surface area contributed by atoms with Crippen molar-refractivity contribution in [3.63, 3.8) is 0 Å². The molecule has 0 radical (unpaired) electrons. The van der Waals surface area contributed by atoms with E-state index in [-0.39, 0.29) is 35.8 Å². The van der Waals surface area contributed by atoms with Gasteiger partial charge in [-0.2, -0.15) is 0 Å². The Balaban J connectivity index is 1.63. The molecule has 1 aliphatic heterocycles. The van der Waals surface area contributed by atoms with E-state index in [0.29, 0.717) is 19.1 Å². The highest BCUT2D eigenvalue weighted by Gasteiger charge is 2.64. The molecule has 0 unspecified atom stereocenters. The number of hydrogen-bond donors (Lipinski definition) is 0. The van der Waals surface area contributed by atoms with Crippen LogP contribution in [0, 0.1) is 23.7 Å². The average molecular weight is 253 g/mol. The molecule has 0 aromatic rings. The van der Waals surface area contributed by atoms with Crippen molar-refractivity contribution in [2.24, 2.45) is 23.7 Å². The van der Waals surface area contributed by atoms with Crippen molar-refractivity contribution in [2.45, 2.75) is 18.9 Å². The second-order valence-corrected chi connectivity index (χ2v) is 5.89. The van der Waals surface area contributed by atoms with Crippen LogP contribution in [-0.2, 0) is 19.1 Å². The van der Waals surface area contributed by atoms with Gasteiger partial charge in [0, 0.05) is 12.5 Å². The lowest BCUT2D eigenvalue weighted by Gasteiger charge is -2.23. The molecule has 3 fully saturated rings. The van der Waals surface area contributed by atoms with Gasteiger partial charge in [0.1, 0.15) is 12.7 Å². The summed E-state index contributed by atoms with van der Waals surface area (Å²) in [5.41, 5.74) is 0. The highest BCUT2D eigenvalue weighted by atomic mass is 16.6. The zero-order chi connectivity index (χ0) is 12.9. The number of fused-ring (bicyclic) bond motifs is 1. The molecular formula is C13H19NO4. The van der Waals surface area contributed by atoms with Gasteiger partial charge in [-0.05, 0) is 32.9 Å². The van der Waals surface area contributed by atoms with E-state index in [9.17, 15) is 9.59 Å². The summed E-state index contributed by atoms with van der Waals surface area (Å²) in [5, 5.41) is 0. The van der Waals surface area contributed by atoms with Crippen LogP contribution in [0.2, 0.25) is 0 Å². The van der Waals surface area contributed by atoms with Crippen LogP contribution < -0.4 is 0 Å². The van der Waals surface area contributed by atoms with Crippen molar-refractivity contribution in [1.29, 1.82) is 0 Å². The third kappa shape index (κ3) is 1.72. The van der Waals surface area contributed by atoms with E-state index in [4.69, 9.17) is 9.47 Å². The molecule has 5 atom stereocenters. The van der Waals surface area contributed by atoms with Crippen LogP contribution in [-0.4, -0.2) is 50.2 Å². The van der Waals surface area contributed by atoms with Gasteiger partial charge in [0.05, 0.1) is 11.8 Å². The number of hydrogen-bond acceptors (Lipinski definition) is 5. The molecule has 0 aromatic heterocycles. The standard InChI is InChI=1S/C13H19NO4/c1-14(2)3-4-17-12(15)10-7-5-8-9(6-7)18-13(16)11(8)10/h7-11H,3-6H2,1-2H3/t7-,8+,9-,10+,11+/m1/s1. The maximum absolute atomic E-state index is 12.1. The van der Waals surface area contributed by atoms with Crippen molar-refractivity contribution in [2.75, 3.05) is 27.2 Å². The summed E-state index contributed by atoms with van der Waals surface area (Å²) in [5.74, 6) is -0.285. The minimum atomic E-state index is -0.247. The van der Waals surface area contributed by atoms with Gasteiger partial charge >= 0.3 is 11.9 Å². The van der Waals surface area contributed by atoms with E-state index in [0.717, 1.165) is 12.8 Å². The molecular weight excluding hydrogens is 234 g/mol. The van der Waals surface area contributed by atoms with Crippen LogP contribution in [0.5, 0.6) is 0 Å². The highest BCUT2D eigenvalue weighted by molar-refractivity contribution is 5.85. The molecule has 3 aliphatic rings. The minimum absolute atomic E-state index is 0.0818. The summed E-state index contributed by atoms with van der Waals surface area (Å²) >= 11 is 0. The molecule has 0 amide bonds. The summed E-state index contributed by atoms with van der Waals surface area (Å²) in [6, 6.07) is 0. The molecule has 5 nitrogen and oxygen atoms in total. The quantitative estimate of drug-likeness (QED) is 0.674. The number of ether oxygens (including phenoxy) is 2. The number of esters is 2. The lowest BCUT2D eigenvalue weighted by Crippen LogP contribution is -2.34. The van der Waals surface area contributed by atoms with Crippen molar-refractivity contribution < 1.29 is 19.1 Å². The van der Waals surface area contributed by atoms with E-state index in [1.165, 1.54) is 0 Å². The first-order chi connectivity index (χ1) is 8.58. The normalized spacial score (nSPS) is 40.4. The van der Waals surface area contributed by atoms with Crippen LogP contribution in [0.4, 0.5) is 0 Å². The monoisotopic (exact) mass is 253 g/mol. The number of carbonyl (C=O) groups excluding carboxylic acids is 2. The lowest BCUT2D eigenvalue weighted by molar-refractivity contribution is -0.156. The molecule has 5 heteroatoms. The lowest BCUT2D eigenvalue weighted by atomic mass is 9.80. The Morgan fingerprint density at radius 2 is 2.22 bits per heavy atom.